The van der Waals surface area contributed by atoms with Crippen molar-refractivity contribution < 1.29 is 20.1 Å². The first-order valence-electron chi connectivity index (χ1n) is 6.05. The highest BCUT2D eigenvalue weighted by Gasteiger charge is 2.41. The van der Waals surface area contributed by atoms with Crippen molar-refractivity contribution in [2.24, 2.45) is 0 Å². The highest BCUT2D eigenvalue weighted by atomic mass is 16.6. The van der Waals surface area contributed by atoms with Crippen LogP contribution in [0.4, 0.5) is 5.69 Å². The Morgan fingerprint density at radius 1 is 1.11 bits per heavy atom. The first kappa shape index (κ1) is 13.3. The van der Waals surface area contributed by atoms with E-state index >= 15 is 0 Å². The van der Waals surface area contributed by atoms with Crippen molar-refractivity contribution in [3.63, 3.8) is 0 Å². The Balaban J connectivity index is 1.89. The molecule has 1 fully saturated rings. The SMILES string of the molecule is Cc1ccc(NC[C@@H]2O[C@@H](CO)[C@@H](O)[C@H]2O)cc1. The summed E-state index contributed by atoms with van der Waals surface area (Å²) in [5, 5.41) is 31.5. The molecule has 1 saturated heterocycles. The molecule has 0 aliphatic carbocycles. The van der Waals surface area contributed by atoms with Crippen LogP contribution in [0.15, 0.2) is 24.3 Å². The second-order valence-corrected chi connectivity index (χ2v) is 4.62. The van der Waals surface area contributed by atoms with Gasteiger partial charge in [0.15, 0.2) is 0 Å². The predicted molar refractivity (Wildman–Crippen MR) is 67.4 cm³/mol. The van der Waals surface area contributed by atoms with Gasteiger partial charge in [0.2, 0.25) is 0 Å². The molecule has 2 rings (SSSR count). The summed E-state index contributed by atoms with van der Waals surface area (Å²) in [4.78, 5) is 0. The summed E-state index contributed by atoms with van der Waals surface area (Å²) in [6, 6.07) is 7.85. The summed E-state index contributed by atoms with van der Waals surface area (Å²) in [6.07, 6.45) is -3.22. The number of anilines is 1. The predicted octanol–water partition coefficient (Wildman–Crippen LogP) is -0.112. The molecule has 0 saturated carbocycles. The molecule has 1 aliphatic rings. The Kier molecular flexibility index (Phi) is 4.19. The van der Waals surface area contributed by atoms with Crippen LogP contribution in [0.5, 0.6) is 0 Å². The van der Waals surface area contributed by atoms with Gasteiger partial charge >= 0.3 is 0 Å². The van der Waals surface area contributed by atoms with Gasteiger partial charge in [0.25, 0.3) is 0 Å². The molecule has 5 heteroatoms. The summed E-state index contributed by atoms with van der Waals surface area (Å²) >= 11 is 0. The first-order valence-corrected chi connectivity index (χ1v) is 6.05. The quantitative estimate of drug-likeness (QED) is 0.602. The van der Waals surface area contributed by atoms with Crippen molar-refractivity contribution in [3.8, 4) is 0 Å². The number of hydrogen-bond acceptors (Lipinski definition) is 5. The first-order chi connectivity index (χ1) is 8.61. The number of benzene rings is 1. The second kappa shape index (κ2) is 5.67. The van der Waals surface area contributed by atoms with Crippen molar-refractivity contribution in [3.05, 3.63) is 29.8 Å². The summed E-state index contributed by atoms with van der Waals surface area (Å²) in [5.74, 6) is 0. The molecule has 0 amide bonds. The van der Waals surface area contributed by atoms with E-state index in [1.54, 1.807) is 0 Å². The van der Waals surface area contributed by atoms with E-state index in [-0.39, 0.29) is 6.61 Å². The van der Waals surface area contributed by atoms with E-state index in [9.17, 15) is 10.2 Å². The van der Waals surface area contributed by atoms with Gasteiger partial charge in [-0.2, -0.15) is 0 Å². The monoisotopic (exact) mass is 253 g/mol. The van der Waals surface area contributed by atoms with E-state index in [0.717, 1.165) is 5.69 Å². The molecule has 4 atom stereocenters. The van der Waals surface area contributed by atoms with Crippen molar-refractivity contribution in [1.29, 1.82) is 0 Å². The largest absolute Gasteiger partial charge is 0.394 e. The average molecular weight is 253 g/mol. The van der Waals surface area contributed by atoms with E-state index in [1.807, 2.05) is 31.2 Å². The second-order valence-electron chi connectivity index (χ2n) is 4.62. The van der Waals surface area contributed by atoms with Gasteiger partial charge in [-0.1, -0.05) is 17.7 Å². The normalized spacial score (nSPS) is 31.6. The number of rotatable bonds is 4. The third kappa shape index (κ3) is 2.81. The van der Waals surface area contributed by atoms with Gasteiger partial charge in [0, 0.05) is 12.2 Å². The molecule has 5 nitrogen and oxygen atoms in total. The zero-order valence-electron chi connectivity index (χ0n) is 10.3. The third-order valence-corrected chi connectivity index (χ3v) is 3.20. The molecule has 0 aromatic heterocycles. The topological polar surface area (TPSA) is 82.0 Å². The van der Waals surface area contributed by atoms with Gasteiger partial charge in [-0.25, -0.2) is 0 Å². The minimum absolute atomic E-state index is 0.292. The lowest BCUT2D eigenvalue weighted by Gasteiger charge is -2.16. The van der Waals surface area contributed by atoms with Crippen LogP contribution in [0.25, 0.3) is 0 Å². The summed E-state index contributed by atoms with van der Waals surface area (Å²) in [6.45, 7) is 2.10. The van der Waals surface area contributed by atoms with Gasteiger partial charge in [0.1, 0.15) is 24.4 Å². The minimum Gasteiger partial charge on any atom is -0.394 e. The highest BCUT2D eigenvalue weighted by Crippen LogP contribution is 2.21. The number of hydrogen-bond donors (Lipinski definition) is 4. The van der Waals surface area contributed by atoms with E-state index in [0.29, 0.717) is 6.54 Å². The molecule has 0 spiro atoms. The maximum absolute atomic E-state index is 9.76. The molecule has 1 aliphatic heterocycles. The fourth-order valence-electron chi connectivity index (χ4n) is 2.04. The van der Waals surface area contributed by atoms with Crippen molar-refractivity contribution >= 4 is 5.69 Å². The fourth-order valence-corrected chi connectivity index (χ4v) is 2.04. The Morgan fingerprint density at radius 2 is 1.72 bits per heavy atom. The third-order valence-electron chi connectivity index (χ3n) is 3.20. The standard InChI is InChI=1S/C13H19NO4/c1-8-2-4-9(5-3-8)14-6-10-12(16)13(17)11(7-15)18-10/h2-5,10-17H,6-7H2,1H3/t10-,11-,12-,13+/m0/s1. The minimum atomic E-state index is -1.03. The maximum atomic E-state index is 9.76. The zero-order chi connectivity index (χ0) is 13.1. The summed E-state index contributed by atoms with van der Waals surface area (Å²) in [7, 11) is 0. The molecule has 1 aromatic carbocycles. The molecule has 4 N–H and O–H groups in total. The fraction of sp³-hybridized carbons (Fsp3) is 0.538. The van der Waals surface area contributed by atoms with Gasteiger partial charge < -0.3 is 25.4 Å². The van der Waals surface area contributed by atoms with Crippen molar-refractivity contribution in [2.45, 2.75) is 31.3 Å². The lowest BCUT2D eigenvalue weighted by Crippen LogP contribution is -2.36. The number of ether oxygens (including phenoxy) is 1. The molecular weight excluding hydrogens is 234 g/mol. The Bertz CT molecular complexity index is 381. The van der Waals surface area contributed by atoms with Gasteiger partial charge in [-0.05, 0) is 19.1 Å². The molecule has 1 aromatic rings. The number of aryl methyl sites for hydroxylation is 1. The van der Waals surface area contributed by atoms with Crippen molar-refractivity contribution in [2.75, 3.05) is 18.5 Å². The zero-order valence-corrected chi connectivity index (χ0v) is 10.3. The van der Waals surface area contributed by atoms with Crippen molar-refractivity contribution in [1.82, 2.24) is 0 Å². The van der Waals surface area contributed by atoms with Crippen LogP contribution in [-0.2, 0) is 4.74 Å². The molecule has 0 unspecified atom stereocenters. The van der Waals surface area contributed by atoms with Crippen LogP contribution < -0.4 is 5.32 Å². The Labute approximate surface area is 106 Å². The molecule has 100 valence electrons. The van der Waals surface area contributed by atoms with Crippen LogP contribution in [0.3, 0.4) is 0 Å². The molecule has 0 radical (unpaired) electrons. The summed E-state index contributed by atoms with van der Waals surface area (Å²) in [5.41, 5.74) is 2.10. The maximum Gasteiger partial charge on any atom is 0.111 e. The van der Waals surface area contributed by atoms with Crippen LogP contribution in [0, 0.1) is 6.92 Å². The van der Waals surface area contributed by atoms with Crippen LogP contribution >= 0.6 is 0 Å². The van der Waals surface area contributed by atoms with E-state index in [4.69, 9.17) is 9.84 Å². The van der Waals surface area contributed by atoms with E-state index in [1.165, 1.54) is 5.56 Å². The van der Waals surface area contributed by atoms with E-state index in [2.05, 4.69) is 5.32 Å². The van der Waals surface area contributed by atoms with E-state index < -0.39 is 24.4 Å². The van der Waals surface area contributed by atoms with Crippen LogP contribution in [0.2, 0.25) is 0 Å². The van der Waals surface area contributed by atoms with Gasteiger partial charge in [-0.15, -0.1) is 0 Å². The number of aliphatic hydroxyl groups is 3. The highest BCUT2D eigenvalue weighted by molar-refractivity contribution is 5.44. The average Bonchev–Trinajstić information content (AvgIpc) is 2.65. The molecule has 18 heavy (non-hydrogen) atoms. The van der Waals surface area contributed by atoms with Crippen LogP contribution in [0.1, 0.15) is 5.56 Å². The summed E-state index contributed by atoms with van der Waals surface area (Å²) < 4.78 is 5.37. The lowest BCUT2D eigenvalue weighted by molar-refractivity contribution is -0.0184. The van der Waals surface area contributed by atoms with Gasteiger partial charge in [-0.3, -0.25) is 0 Å². The smallest absolute Gasteiger partial charge is 0.111 e. The Hall–Kier alpha value is -1.14. The number of nitrogens with one attached hydrogen (secondary N) is 1. The Morgan fingerprint density at radius 3 is 2.28 bits per heavy atom. The number of aliphatic hydroxyl groups excluding tert-OH is 3. The lowest BCUT2D eigenvalue weighted by atomic mass is 10.1. The molecule has 1 heterocycles. The molecule has 0 bridgehead atoms. The van der Waals surface area contributed by atoms with Gasteiger partial charge in [0.05, 0.1) is 6.61 Å². The van der Waals surface area contributed by atoms with Crippen LogP contribution in [-0.4, -0.2) is 52.9 Å². The molecular formula is C13H19NO4.